The van der Waals surface area contributed by atoms with E-state index in [1.54, 1.807) is 18.7 Å². The normalized spacial score (nSPS) is 10.5. The molecule has 7 heteroatoms. The van der Waals surface area contributed by atoms with Gasteiger partial charge in [0.05, 0.1) is 7.11 Å². The standard InChI is InChI=1S/C13H16N4O2S/c1-10(18)6-5-9-20-13-14-15-16-17(13)11-7-3-4-8-12(11)19-2/h3-4,7-8H,5-6,9H2,1-2H3. The highest BCUT2D eigenvalue weighted by Crippen LogP contribution is 2.25. The summed E-state index contributed by atoms with van der Waals surface area (Å²) < 4.78 is 6.96. The molecule has 0 unspecified atom stereocenters. The van der Waals surface area contributed by atoms with Crippen molar-refractivity contribution < 1.29 is 9.53 Å². The number of carbonyl (C=O) groups is 1. The van der Waals surface area contributed by atoms with Crippen LogP contribution in [0.25, 0.3) is 5.69 Å². The number of Topliss-reactive ketones (excluding diaryl/α,β-unsaturated/α-hetero) is 1. The smallest absolute Gasteiger partial charge is 0.214 e. The first kappa shape index (κ1) is 14.5. The molecule has 0 aliphatic rings. The molecule has 20 heavy (non-hydrogen) atoms. The maximum absolute atomic E-state index is 10.9. The number of rotatable bonds is 7. The van der Waals surface area contributed by atoms with E-state index in [2.05, 4.69) is 15.5 Å². The van der Waals surface area contributed by atoms with Gasteiger partial charge in [-0.05, 0) is 35.9 Å². The van der Waals surface area contributed by atoms with Crippen LogP contribution in [0.3, 0.4) is 0 Å². The Labute approximate surface area is 121 Å². The summed E-state index contributed by atoms with van der Waals surface area (Å²) in [6, 6.07) is 7.56. The molecule has 2 aromatic rings. The van der Waals surface area contributed by atoms with E-state index in [1.807, 2.05) is 24.3 Å². The lowest BCUT2D eigenvalue weighted by molar-refractivity contribution is -0.117. The maximum Gasteiger partial charge on any atom is 0.214 e. The second-order valence-corrected chi connectivity index (χ2v) is 5.26. The predicted molar refractivity (Wildman–Crippen MR) is 76.3 cm³/mol. The monoisotopic (exact) mass is 292 g/mol. The van der Waals surface area contributed by atoms with Gasteiger partial charge in [-0.1, -0.05) is 23.9 Å². The van der Waals surface area contributed by atoms with Gasteiger partial charge in [-0.2, -0.15) is 4.68 Å². The van der Waals surface area contributed by atoms with Gasteiger partial charge in [0.1, 0.15) is 17.2 Å². The predicted octanol–water partition coefficient (Wildman–Crippen LogP) is 2.13. The van der Waals surface area contributed by atoms with Gasteiger partial charge in [0.25, 0.3) is 0 Å². The molecule has 0 saturated carbocycles. The van der Waals surface area contributed by atoms with Crippen LogP contribution < -0.4 is 4.74 Å². The summed E-state index contributed by atoms with van der Waals surface area (Å²) >= 11 is 1.53. The first-order chi connectivity index (χ1) is 9.72. The Kier molecular flexibility index (Phi) is 5.11. The van der Waals surface area contributed by atoms with Crippen LogP contribution in [0.5, 0.6) is 5.75 Å². The van der Waals surface area contributed by atoms with Gasteiger partial charge in [-0.3, -0.25) is 0 Å². The van der Waals surface area contributed by atoms with Crippen LogP contribution in [-0.4, -0.2) is 38.9 Å². The number of thioether (sulfide) groups is 1. The summed E-state index contributed by atoms with van der Waals surface area (Å²) in [4.78, 5) is 10.9. The molecule has 0 radical (unpaired) electrons. The number of carbonyl (C=O) groups excluding carboxylic acids is 1. The van der Waals surface area contributed by atoms with E-state index in [9.17, 15) is 4.79 Å². The van der Waals surface area contributed by atoms with Gasteiger partial charge >= 0.3 is 0 Å². The Morgan fingerprint density at radius 3 is 2.95 bits per heavy atom. The minimum atomic E-state index is 0.204. The van der Waals surface area contributed by atoms with Crippen LogP contribution in [-0.2, 0) is 4.79 Å². The first-order valence-corrected chi connectivity index (χ1v) is 7.25. The van der Waals surface area contributed by atoms with Crippen LogP contribution in [0.4, 0.5) is 0 Å². The molecule has 6 nitrogen and oxygen atoms in total. The van der Waals surface area contributed by atoms with E-state index in [-0.39, 0.29) is 5.78 Å². The minimum Gasteiger partial charge on any atom is -0.494 e. The molecule has 0 fully saturated rings. The molecule has 0 bridgehead atoms. The fourth-order valence-electron chi connectivity index (χ4n) is 1.71. The highest BCUT2D eigenvalue weighted by Gasteiger charge is 2.12. The number of nitrogens with zero attached hydrogens (tertiary/aromatic N) is 4. The highest BCUT2D eigenvalue weighted by molar-refractivity contribution is 7.99. The summed E-state index contributed by atoms with van der Waals surface area (Å²) in [7, 11) is 1.61. The SMILES string of the molecule is COc1ccccc1-n1nnnc1SCCCC(C)=O. The zero-order valence-corrected chi connectivity index (χ0v) is 12.3. The number of hydrogen-bond donors (Lipinski definition) is 0. The van der Waals surface area contributed by atoms with Crippen LogP contribution in [0.2, 0.25) is 0 Å². The Morgan fingerprint density at radius 1 is 1.40 bits per heavy atom. The van der Waals surface area contributed by atoms with Crippen molar-refractivity contribution in [3.63, 3.8) is 0 Å². The quantitative estimate of drug-likeness (QED) is 0.575. The molecule has 0 atom stereocenters. The van der Waals surface area contributed by atoms with Gasteiger partial charge in [0.2, 0.25) is 5.16 Å². The largest absolute Gasteiger partial charge is 0.494 e. The van der Waals surface area contributed by atoms with E-state index in [1.165, 1.54) is 11.8 Å². The molecule has 0 aliphatic heterocycles. The van der Waals surface area contributed by atoms with Crippen LogP contribution >= 0.6 is 11.8 Å². The molecule has 0 aliphatic carbocycles. The zero-order chi connectivity index (χ0) is 14.4. The van der Waals surface area contributed by atoms with E-state index in [4.69, 9.17) is 4.74 Å². The van der Waals surface area contributed by atoms with Crippen molar-refractivity contribution in [2.24, 2.45) is 0 Å². The number of ketones is 1. The summed E-state index contributed by atoms with van der Waals surface area (Å²) in [5.41, 5.74) is 0.800. The van der Waals surface area contributed by atoms with E-state index in [0.29, 0.717) is 17.3 Å². The zero-order valence-electron chi connectivity index (χ0n) is 11.4. The van der Waals surface area contributed by atoms with Crippen molar-refractivity contribution in [3.8, 4) is 11.4 Å². The van der Waals surface area contributed by atoms with Gasteiger partial charge < -0.3 is 9.53 Å². The Bertz CT molecular complexity index is 585. The summed E-state index contributed by atoms with van der Waals surface area (Å²) in [5, 5.41) is 12.4. The van der Waals surface area contributed by atoms with Gasteiger partial charge in [0.15, 0.2) is 0 Å². The number of aromatic nitrogens is 4. The molecular formula is C13H16N4O2S. The second-order valence-electron chi connectivity index (χ2n) is 4.20. The van der Waals surface area contributed by atoms with Gasteiger partial charge in [-0.25, -0.2) is 0 Å². The third-order valence-corrected chi connectivity index (χ3v) is 3.66. The van der Waals surface area contributed by atoms with Crippen LogP contribution in [0, 0.1) is 0 Å². The molecule has 1 heterocycles. The molecule has 0 amide bonds. The summed E-state index contributed by atoms with van der Waals surface area (Å²) in [5.74, 6) is 1.72. The van der Waals surface area contributed by atoms with Crippen molar-refractivity contribution in [1.29, 1.82) is 0 Å². The van der Waals surface area contributed by atoms with Crippen molar-refractivity contribution in [3.05, 3.63) is 24.3 Å². The second kappa shape index (κ2) is 7.04. The topological polar surface area (TPSA) is 69.9 Å². The van der Waals surface area contributed by atoms with Gasteiger partial charge in [-0.15, -0.1) is 5.10 Å². The lowest BCUT2D eigenvalue weighted by Crippen LogP contribution is -2.02. The van der Waals surface area contributed by atoms with E-state index < -0.39 is 0 Å². The lowest BCUT2D eigenvalue weighted by Gasteiger charge is -2.08. The molecule has 1 aromatic heterocycles. The van der Waals surface area contributed by atoms with Gasteiger partial charge in [0, 0.05) is 12.2 Å². The number of ether oxygens (including phenoxy) is 1. The Balaban J connectivity index is 2.10. The van der Waals surface area contributed by atoms with E-state index >= 15 is 0 Å². The molecule has 0 spiro atoms. The molecule has 1 aromatic carbocycles. The average molecular weight is 292 g/mol. The fraction of sp³-hybridized carbons (Fsp3) is 0.385. The number of hydrogen-bond acceptors (Lipinski definition) is 6. The van der Waals surface area contributed by atoms with Crippen molar-refractivity contribution in [2.75, 3.05) is 12.9 Å². The summed E-state index contributed by atoms with van der Waals surface area (Å²) in [6.07, 6.45) is 1.40. The Morgan fingerprint density at radius 2 is 2.20 bits per heavy atom. The van der Waals surface area contributed by atoms with Crippen LogP contribution in [0.1, 0.15) is 19.8 Å². The first-order valence-electron chi connectivity index (χ1n) is 6.26. The molecule has 2 rings (SSSR count). The average Bonchev–Trinajstić information content (AvgIpc) is 2.91. The minimum absolute atomic E-state index is 0.204. The highest BCUT2D eigenvalue weighted by atomic mass is 32.2. The number of para-hydroxylation sites is 2. The third-order valence-electron chi connectivity index (χ3n) is 2.66. The van der Waals surface area contributed by atoms with E-state index in [0.717, 1.165) is 17.9 Å². The van der Waals surface area contributed by atoms with Crippen molar-refractivity contribution >= 4 is 17.5 Å². The molecular weight excluding hydrogens is 276 g/mol. The van der Waals surface area contributed by atoms with Crippen molar-refractivity contribution in [1.82, 2.24) is 20.2 Å². The number of methoxy groups -OCH3 is 1. The maximum atomic E-state index is 10.9. The number of tetrazole rings is 1. The molecule has 0 saturated heterocycles. The lowest BCUT2D eigenvalue weighted by atomic mass is 10.3. The molecule has 106 valence electrons. The fourth-order valence-corrected chi connectivity index (χ4v) is 2.53. The third kappa shape index (κ3) is 3.57. The number of benzene rings is 1. The Hall–Kier alpha value is -1.89. The summed E-state index contributed by atoms with van der Waals surface area (Å²) in [6.45, 7) is 1.60. The van der Waals surface area contributed by atoms with Crippen molar-refractivity contribution in [2.45, 2.75) is 24.9 Å². The molecule has 0 N–H and O–H groups in total. The van der Waals surface area contributed by atoms with Crippen LogP contribution in [0.15, 0.2) is 29.4 Å².